The smallest absolute Gasteiger partial charge is 0.303 e. The van der Waals surface area contributed by atoms with E-state index >= 15 is 0 Å². The molecule has 1 aliphatic carbocycles. The molecular weight excluding hydrogens is 332 g/mol. The second-order valence-electron chi connectivity index (χ2n) is 6.90. The van der Waals surface area contributed by atoms with Gasteiger partial charge in [-0.25, -0.2) is 0 Å². The molecule has 2 rings (SSSR count). The fourth-order valence-corrected chi connectivity index (χ4v) is 3.22. The number of anilines is 1. The number of unbranched alkanes of at least 4 members (excludes halogenated alkanes) is 1. The molecule has 0 unspecified atom stereocenters. The van der Waals surface area contributed by atoms with Crippen LogP contribution in [0.4, 0.5) is 5.69 Å². The Kier molecular flexibility index (Phi) is 8.12. The van der Waals surface area contributed by atoms with Gasteiger partial charge in [-0.3, -0.25) is 14.4 Å². The van der Waals surface area contributed by atoms with E-state index in [1.54, 1.807) is 0 Å². The number of carboxylic acid groups (broad SMARTS) is 1. The number of hydrogen-bond donors (Lipinski definition) is 3. The van der Waals surface area contributed by atoms with Gasteiger partial charge < -0.3 is 15.7 Å². The predicted octanol–water partition coefficient (Wildman–Crippen LogP) is 3.47. The molecule has 0 radical (unpaired) electrons. The molecule has 0 heterocycles. The van der Waals surface area contributed by atoms with Crippen molar-refractivity contribution in [2.45, 2.75) is 64.3 Å². The Hall–Kier alpha value is -2.37. The first-order valence-electron chi connectivity index (χ1n) is 9.43. The lowest BCUT2D eigenvalue weighted by atomic mass is 9.88. The molecule has 1 aliphatic rings. The van der Waals surface area contributed by atoms with Crippen LogP contribution in [0.2, 0.25) is 0 Å². The second kappa shape index (κ2) is 10.6. The summed E-state index contributed by atoms with van der Waals surface area (Å²) in [6, 6.07) is 7.51. The zero-order valence-electron chi connectivity index (χ0n) is 15.1. The van der Waals surface area contributed by atoms with E-state index in [9.17, 15) is 14.4 Å². The Bertz CT molecular complexity index is 624. The van der Waals surface area contributed by atoms with Crippen LogP contribution in [0.3, 0.4) is 0 Å². The van der Waals surface area contributed by atoms with Gasteiger partial charge in [0.05, 0.1) is 0 Å². The molecule has 1 saturated carbocycles. The molecular formula is C20H28N2O4. The zero-order chi connectivity index (χ0) is 18.8. The number of amides is 2. The molecule has 6 nitrogen and oxygen atoms in total. The maximum absolute atomic E-state index is 12.3. The van der Waals surface area contributed by atoms with Gasteiger partial charge in [-0.2, -0.15) is 0 Å². The van der Waals surface area contributed by atoms with Crippen LogP contribution in [-0.2, 0) is 20.9 Å². The monoisotopic (exact) mass is 360 g/mol. The van der Waals surface area contributed by atoms with E-state index in [0.29, 0.717) is 25.8 Å². The van der Waals surface area contributed by atoms with Crippen molar-refractivity contribution in [2.75, 3.05) is 5.32 Å². The highest BCUT2D eigenvalue weighted by molar-refractivity contribution is 5.92. The van der Waals surface area contributed by atoms with Crippen LogP contribution >= 0.6 is 0 Å². The first-order valence-corrected chi connectivity index (χ1v) is 9.43. The standard InChI is InChI=1S/C20H28N2O4/c23-18(11-4-5-12-19(24)25)21-14-15-7-6-10-17(13-15)22-20(26)16-8-2-1-3-9-16/h6-7,10,13,16H,1-5,8-9,11-12,14H2,(H,21,23)(H,22,26)(H,24,25). The van der Waals surface area contributed by atoms with Crippen molar-refractivity contribution in [3.05, 3.63) is 29.8 Å². The Balaban J connectivity index is 1.74. The third-order valence-corrected chi connectivity index (χ3v) is 4.70. The van der Waals surface area contributed by atoms with Gasteiger partial charge in [0.25, 0.3) is 0 Å². The average Bonchev–Trinajstić information content (AvgIpc) is 2.64. The molecule has 0 spiro atoms. The largest absolute Gasteiger partial charge is 0.481 e. The molecule has 26 heavy (non-hydrogen) atoms. The SMILES string of the molecule is O=C(O)CCCCC(=O)NCc1cccc(NC(=O)C2CCCCC2)c1. The van der Waals surface area contributed by atoms with Crippen molar-refractivity contribution in [3.63, 3.8) is 0 Å². The van der Waals surface area contributed by atoms with Gasteiger partial charge in [-0.15, -0.1) is 0 Å². The molecule has 6 heteroatoms. The van der Waals surface area contributed by atoms with E-state index in [1.165, 1.54) is 6.42 Å². The number of hydrogen-bond acceptors (Lipinski definition) is 3. The Morgan fingerprint density at radius 3 is 2.50 bits per heavy atom. The van der Waals surface area contributed by atoms with Crippen molar-refractivity contribution in [1.82, 2.24) is 5.32 Å². The van der Waals surface area contributed by atoms with Crippen LogP contribution in [0, 0.1) is 5.92 Å². The van der Waals surface area contributed by atoms with Gasteiger partial charge in [0.1, 0.15) is 0 Å². The fraction of sp³-hybridized carbons (Fsp3) is 0.550. The maximum atomic E-state index is 12.3. The summed E-state index contributed by atoms with van der Waals surface area (Å²) in [6.45, 7) is 0.394. The van der Waals surface area contributed by atoms with Crippen LogP contribution in [0.5, 0.6) is 0 Å². The number of aliphatic carboxylic acids is 1. The number of nitrogens with one attached hydrogen (secondary N) is 2. The van der Waals surface area contributed by atoms with Crippen molar-refractivity contribution >= 4 is 23.5 Å². The quantitative estimate of drug-likeness (QED) is 0.588. The first-order chi connectivity index (χ1) is 12.5. The summed E-state index contributed by atoms with van der Waals surface area (Å²) >= 11 is 0. The number of carbonyl (C=O) groups is 3. The lowest BCUT2D eigenvalue weighted by molar-refractivity contribution is -0.137. The molecule has 1 aromatic rings. The summed E-state index contributed by atoms with van der Waals surface area (Å²) in [6.07, 6.45) is 6.87. The number of carbonyl (C=O) groups excluding carboxylic acids is 2. The Labute approximate surface area is 154 Å². The summed E-state index contributed by atoms with van der Waals surface area (Å²) < 4.78 is 0. The maximum Gasteiger partial charge on any atom is 0.303 e. The van der Waals surface area contributed by atoms with E-state index < -0.39 is 5.97 Å². The van der Waals surface area contributed by atoms with E-state index in [0.717, 1.165) is 36.9 Å². The molecule has 3 N–H and O–H groups in total. The highest BCUT2D eigenvalue weighted by Crippen LogP contribution is 2.25. The van der Waals surface area contributed by atoms with Crippen LogP contribution in [0.25, 0.3) is 0 Å². The van der Waals surface area contributed by atoms with Gasteiger partial charge in [-0.1, -0.05) is 31.4 Å². The van der Waals surface area contributed by atoms with Gasteiger partial charge >= 0.3 is 5.97 Å². The normalized spacial score (nSPS) is 14.6. The van der Waals surface area contributed by atoms with Gasteiger partial charge in [0.15, 0.2) is 0 Å². The molecule has 0 aliphatic heterocycles. The predicted molar refractivity (Wildman–Crippen MR) is 99.6 cm³/mol. The van der Waals surface area contributed by atoms with Crippen LogP contribution in [0.15, 0.2) is 24.3 Å². The summed E-state index contributed by atoms with van der Waals surface area (Å²) in [5, 5.41) is 14.4. The van der Waals surface area contributed by atoms with Crippen molar-refractivity contribution in [1.29, 1.82) is 0 Å². The fourth-order valence-electron chi connectivity index (χ4n) is 3.22. The number of benzene rings is 1. The first kappa shape index (κ1) is 19.9. The summed E-state index contributed by atoms with van der Waals surface area (Å²) in [5.74, 6) is -0.730. The van der Waals surface area contributed by atoms with E-state index in [2.05, 4.69) is 10.6 Å². The highest BCUT2D eigenvalue weighted by Gasteiger charge is 2.21. The lowest BCUT2D eigenvalue weighted by Crippen LogP contribution is -2.25. The molecule has 2 amide bonds. The Morgan fingerprint density at radius 2 is 1.77 bits per heavy atom. The van der Waals surface area contributed by atoms with E-state index in [1.807, 2.05) is 24.3 Å². The van der Waals surface area contributed by atoms with E-state index in [-0.39, 0.29) is 24.2 Å². The molecule has 142 valence electrons. The van der Waals surface area contributed by atoms with Crippen LogP contribution in [0.1, 0.15) is 63.4 Å². The minimum absolute atomic E-state index is 0.0873. The second-order valence-corrected chi connectivity index (χ2v) is 6.90. The molecule has 0 atom stereocenters. The summed E-state index contributed by atoms with van der Waals surface area (Å²) in [4.78, 5) is 34.6. The number of carboxylic acids is 1. The number of rotatable bonds is 9. The van der Waals surface area contributed by atoms with Crippen LogP contribution in [-0.4, -0.2) is 22.9 Å². The molecule has 1 aromatic carbocycles. The van der Waals surface area contributed by atoms with Gasteiger partial charge in [0.2, 0.25) is 11.8 Å². The zero-order valence-corrected chi connectivity index (χ0v) is 15.1. The molecule has 0 bridgehead atoms. The molecule has 0 aromatic heterocycles. The Morgan fingerprint density at radius 1 is 1.04 bits per heavy atom. The van der Waals surface area contributed by atoms with Crippen molar-refractivity contribution in [2.24, 2.45) is 5.92 Å². The van der Waals surface area contributed by atoms with Crippen molar-refractivity contribution < 1.29 is 19.5 Å². The summed E-state index contributed by atoms with van der Waals surface area (Å²) in [5.41, 5.74) is 1.68. The highest BCUT2D eigenvalue weighted by atomic mass is 16.4. The third-order valence-electron chi connectivity index (χ3n) is 4.70. The molecule has 1 fully saturated rings. The molecule has 0 saturated heterocycles. The summed E-state index contributed by atoms with van der Waals surface area (Å²) in [7, 11) is 0. The van der Waals surface area contributed by atoms with Crippen molar-refractivity contribution in [3.8, 4) is 0 Å². The third kappa shape index (κ3) is 7.25. The topological polar surface area (TPSA) is 95.5 Å². The minimum Gasteiger partial charge on any atom is -0.481 e. The average molecular weight is 360 g/mol. The van der Waals surface area contributed by atoms with Gasteiger partial charge in [-0.05, 0) is 43.4 Å². The minimum atomic E-state index is -0.836. The lowest BCUT2D eigenvalue weighted by Gasteiger charge is -2.20. The van der Waals surface area contributed by atoms with E-state index in [4.69, 9.17) is 5.11 Å². The van der Waals surface area contributed by atoms with Gasteiger partial charge in [0, 0.05) is 31.0 Å². The van der Waals surface area contributed by atoms with Crippen LogP contribution < -0.4 is 10.6 Å².